The molecule has 1 fully saturated rings. The first-order valence-electron chi connectivity index (χ1n) is 10.1. The van der Waals surface area contributed by atoms with Gasteiger partial charge in [-0.05, 0) is 67.0 Å². The topological polar surface area (TPSA) is 62.7 Å². The molecule has 154 valence electrons. The van der Waals surface area contributed by atoms with Crippen LogP contribution in [-0.4, -0.2) is 44.0 Å². The van der Waals surface area contributed by atoms with Gasteiger partial charge >= 0.3 is 0 Å². The molecule has 1 aromatic carbocycles. The second-order valence-electron chi connectivity index (χ2n) is 7.64. The number of aromatic amines is 1. The number of aromatic nitrogens is 3. The van der Waals surface area contributed by atoms with Gasteiger partial charge < -0.3 is 14.9 Å². The van der Waals surface area contributed by atoms with Gasteiger partial charge in [0.1, 0.15) is 5.82 Å². The zero-order valence-electron chi connectivity index (χ0n) is 16.8. The lowest BCUT2D eigenvalue weighted by Gasteiger charge is -2.38. The number of amides is 1. The van der Waals surface area contributed by atoms with Crippen LogP contribution in [0.5, 0.6) is 0 Å². The Labute approximate surface area is 180 Å². The molecule has 1 atom stereocenters. The number of para-hydroxylation sites is 2. The van der Waals surface area contributed by atoms with Crippen LogP contribution in [-0.2, 0) is 10.3 Å². The second-order valence-corrected chi connectivity index (χ2v) is 9.85. The highest BCUT2D eigenvalue weighted by atomic mass is 32.2. The van der Waals surface area contributed by atoms with Crippen molar-refractivity contribution in [3.8, 4) is 0 Å². The van der Waals surface area contributed by atoms with Gasteiger partial charge in [-0.25, -0.2) is 4.98 Å². The number of H-pyrrole nitrogens is 1. The molecule has 7 heteroatoms. The fourth-order valence-electron chi connectivity index (χ4n) is 4.12. The van der Waals surface area contributed by atoms with Crippen LogP contribution in [0.15, 0.2) is 48.8 Å². The van der Waals surface area contributed by atoms with Crippen LogP contribution < -0.4 is 5.32 Å². The predicted octanol–water partition coefficient (Wildman–Crippen LogP) is 4.59. The number of hydrogen-bond acceptors (Lipinski definition) is 4. The van der Waals surface area contributed by atoms with Gasteiger partial charge in [0.15, 0.2) is 0 Å². The highest BCUT2D eigenvalue weighted by Gasteiger charge is 2.36. The number of hydrogen-bond donors (Lipinski definition) is 2. The molecule has 0 radical (unpaired) electrons. The first-order chi connectivity index (χ1) is 14.2. The van der Waals surface area contributed by atoms with Crippen molar-refractivity contribution in [1.29, 1.82) is 0 Å². The van der Waals surface area contributed by atoms with Gasteiger partial charge in [-0.2, -0.15) is 23.5 Å². The summed E-state index contributed by atoms with van der Waals surface area (Å²) in [4.78, 5) is 21.3. The van der Waals surface area contributed by atoms with Crippen molar-refractivity contribution in [2.45, 2.75) is 37.3 Å². The number of fused-ring (bicyclic) bond motifs is 1. The molecule has 5 nitrogen and oxygen atoms in total. The fourth-order valence-corrected chi connectivity index (χ4v) is 5.85. The second kappa shape index (κ2) is 9.30. The number of imidazole rings is 1. The zero-order valence-corrected chi connectivity index (χ0v) is 18.4. The van der Waals surface area contributed by atoms with Crippen LogP contribution in [0.3, 0.4) is 0 Å². The van der Waals surface area contributed by atoms with Gasteiger partial charge in [0.25, 0.3) is 0 Å². The first-order valence-corrected chi connectivity index (χ1v) is 12.7. The van der Waals surface area contributed by atoms with Gasteiger partial charge in [0.05, 0.1) is 29.0 Å². The van der Waals surface area contributed by atoms with Gasteiger partial charge in [-0.3, -0.25) is 4.79 Å². The standard InChI is InChI=1S/C22H28N4OS2/c1-28-13-8-19(21-24-17-6-2-3-7-18(17)25-21)23-20(27)16-22(9-14-29-15-10-22)26-11-4-5-12-26/h2-7,11-12,19H,8-10,13-16H2,1H3,(H,23,27)(H,24,25)/t19-/m1/s1. The Bertz CT molecular complexity index is 898. The molecular weight excluding hydrogens is 400 g/mol. The largest absolute Gasteiger partial charge is 0.348 e. The van der Waals surface area contributed by atoms with Crippen molar-refractivity contribution < 1.29 is 4.79 Å². The molecule has 0 saturated carbocycles. The summed E-state index contributed by atoms with van der Waals surface area (Å²) in [6, 6.07) is 12.0. The van der Waals surface area contributed by atoms with Crippen molar-refractivity contribution in [2.24, 2.45) is 0 Å². The number of thioether (sulfide) groups is 2. The molecular formula is C22H28N4OS2. The lowest BCUT2D eigenvalue weighted by molar-refractivity contribution is -0.124. The molecule has 0 aliphatic carbocycles. The Morgan fingerprint density at radius 3 is 2.76 bits per heavy atom. The van der Waals surface area contributed by atoms with E-state index in [0.717, 1.165) is 53.4 Å². The summed E-state index contributed by atoms with van der Waals surface area (Å²) in [5.74, 6) is 4.14. The molecule has 1 amide bonds. The quantitative estimate of drug-likeness (QED) is 0.551. The smallest absolute Gasteiger partial charge is 0.222 e. The average molecular weight is 429 g/mol. The summed E-state index contributed by atoms with van der Waals surface area (Å²) in [6.07, 6.45) is 9.73. The molecule has 3 heterocycles. The Morgan fingerprint density at radius 2 is 2.03 bits per heavy atom. The van der Waals surface area contributed by atoms with E-state index in [1.54, 1.807) is 11.8 Å². The lowest BCUT2D eigenvalue weighted by Crippen LogP contribution is -2.42. The van der Waals surface area contributed by atoms with E-state index >= 15 is 0 Å². The van der Waals surface area contributed by atoms with Crippen LogP contribution in [0.2, 0.25) is 0 Å². The number of nitrogens with one attached hydrogen (secondary N) is 2. The van der Waals surface area contributed by atoms with Crippen molar-refractivity contribution in [3.63, 3.8) is 0 Å². The third kappa shape index (κ3) is 4.67. The van der Waals surface area contributed by atoms with E-state index in [9.17, 15) is 4.79 Å². The van der Waals surface area contributed by atoms with E-state index in [-0.39, 0.29) is 17.5 Å². The minimum absolute atomic E-state index is 0.0953. The molecule has 3 aromatic rings. The molecule has 2 N–H and O–H groups in total. The predicted molar refractivity (Wildman–Crippen MR) is 124 cm³/mol. The Morgan fingerprint density at radius 1 is 1.28 bits per heavy atom. The molecule has 0 bridgehead atoms. The Hall–Kier alpha value is -1.86. The van der Waals surface area contributed by atoms with E-state index in [1.807, 2.05) is 36.0 Å². The maximum absolute atomic E-state index is 13.2. The number of nitrogens with zero attached hydrogens (tertiary/aromatic N) is 2. The molecule has 1 aliphatic heterocycles. The van der Waals surface area contributed by atoms with Gasteiger partial charge in [0.2, 0.25) is 5.91 Å². The van der Waals surface area contributed by atoms with Gasteiger partial charge in [-0.15, -0.1) is 0 Å². The van der Waals surface area contributed by atoms with Crippen LogP contribution >= 0.6 is 23.5 Å². The Kier molecular flexibility index (Phi) is 6.55. The van der Waals surface area contributed by atoms with Crippen LogP contribution in [0.4, 0.5) is 0 Å². The molecule has 0 unspecified atom stereocenters. The number of rotatable bonds is 8. The average Bonchev–Trinajstić information content (AvgIpc) is 3.42. The Balaban J connectivity index is 1.52. The zero-order chi connectivity index (χ0) is 20.1. The van der Waals surface area contributed by atoms with E-state index in [1.165, 1.54) is 0 Å². The summed E-state index contributed by atoms with van der Waals surface area (Å²) in [5.41, 5.74) is 1.84. The van der Waals surface area contributed by atoms with Crippen LogP contribution in [0.25, 0.3) is 11.0 Å². The number of carbonyl (C=O) groups is 1. The summed E-state index contributed by atoms with van der Waals surface area (Å²) in [6.45, 7) is 0. The summed E-state index contributed by atoms with van der Waals surface area (Å²) in [5, 5.41) is 3.30. The first kappa shape index (κ1) is 20.4. The summed E-state index contributed by atoms with van der Waals surface area (Å²) in [7, 11) is 0. The van der Waals surface area contributed by atoms with Crippen molar-refractivity contribution in [1.82, 2.24) is 19.9 Å². The van der Waals surface area contributed by atoms with E-state index in [4.69, 9.17) is 4.98 Å². The van der Waals surface area contributed by atoms with Crippen LogP contribution in [0.1, 0.15) is 37.5 Å². The molecule has 2 aromatic heterocycles. The summed E-state index contributed by atoms with van der Waals surface area (Å²) >= 11 is 3.77. The SMILES string of the molecule is CSCC[C@@H](NC(=O)CC1(n2cccc2)CCSCC1)c1nc2ccccc2[nH]1. The van der Waals surface area contributed by atoms with Crippen molar-refractivity contribution >= 4 is 40.5 Å². The van der Waals surface area contributed by atoms with Crippen molar-refractivity contribution in [3.05, 3.63) is 54.6 Å². The van der Waals surface area contributed by atoms with E-state index in [2.05, 4.69) is 45.7 Å². The van der Waals surface area contributed by atoms with Crippen LogP contribution in [0, 0.1) is 0 Å². The van der Waals surface area contributed by atoms with Gasteiger partial charge in [0, 0.05) is 12.4 Å². The fraction of sp³-hybridized carbons (Fsp3) is 0.455. The highest BCUT2D eigenvalue weighted by Crippen LogP contribution is 2.37. The molecule has 1 aliphatic rings. The normalized spacial score (nSPS) is 17.3. The molecule has 4 rings (SSSR count). The molecule has 1 saturated heterocycles. The number of carbonyl (C=O) groups excluding carboxylic acids is 1. The molecule has 29 heavy (non-hydrogen) atoms. The summed E-state index contributed by atoms with van der Waals surface area (Å²) < 4.78 is 2.25. The van der Waals surface area contributed by atoms with Crippen molar-refractivity contribution in [2.75, 3.05) is 23.5 Å². The third-order valence-electron chi connectivity index (χ3n) is 5.75. The minimum atomic E-state index is -0.114. The maximum Gasteiger partial charge on any atom is 0.222 e. The maximum atomic E-state index is 13.2. The van der Waals surface area contributed by atoms with E-state index < -0.39 is 0 Å². The monoisotopic (exact) mass is 428 g/mol. The number of benzene rings is 1. The highest BCUT2D eigenvalue weighted by molar-refractivity contribution is 7.99. The third-order valence-corrected chi connectivity index (χ3v) is 7.38. The van der Waals surface area contributed by atoms with Gasteiger partial charge in [-0.1, -0.05) is 12.1 Å². The van der Waals surface area contributed by atoms with E-state index in [0.29, 0.717) is 6.42 Å². The molecule has 0 spiro atoms. The minimum Gasteiger partial charge on any atom is -0.348 e. The lowest BCUT2D eigenvalue weighted by atomic mass is 9.87.